The predicted octanol–water partition coefficient (Wildman–Crippen LogP) is 2.82. The van der Waals surface area contributed by atoms with Crippen LogP contribution in [-0.4, -0.2) is 17.0 Å². The van der Waals surface area contributed by atoms with Crippen LogP contribution in [0.3, 0.4) is 0 Å². The molecule has 0 saturated carbocycles. The zero-order valence-corrected chi connectivity index (χ0v) is 9.51. The minimum absolute atomic E-state index is 0.334. The Kier molecular flexibility index (Phi) is 3.19. The highest BCUT2D eigenvalue weighted by Crippen LogP contribution is 2.27. The quantitative estimate of drug-likeness (QED) is 0.832. The predicted molar refractivity (Wildman–Crippen MR) is 60.6 cm³/mol. The van der Waals surface area contributed by atoms with Crippen LogP contribution in [0.15, 0.2) is 22.8 Å². The van der Waals surface area contributed by atoms with Crippen LogP contribution in [0.2, 0.25) is 0 Å². The number of nitrogens with one attached hydrogen (secondary N) is 1. The molecule has 1 aliphatic heterocycles. The average molecular weight is 211 g/mol. The van der Waals surface area contributed by atoms with Gasteiger partial charge in [-0.05, 0) is 25.5 Å². The average Bonchev–Trinajstić information content (AvgIpc) is 2.75. The molecule has 0 spiro atoms. The maximum Gasteiger partial charge on any atom is 0.120 e. The molecule has 0 aromatic carbocycles. The Morgan fingerprint density at radius 3 is 3.07 bits per heavy atom. The third kappa shape index (κ3) is 2.34. The van der Waals surface area contributed by atoms with Gasteiger partial charge in [-0.15, -0.1) is 0 Å². The summed E-state index contributed by atoms with van der Waals surface area (Å²) in [5, 5.41) is 4.40. The molecule has 3 atom stereocenters. The van der Waals surface area contributed by atoms with E-state index in [4.69, 9.17) is 4.42 Å². The zero-order chi connectivity index (χ0) is 9.97. The first kappa shape index (κ1) is 10.1. The Hall–Kier alpha value is -0.410. The molecular formula is C11H17NOS. The van der Waals surface area contributed by atoms with Crippen molar-refractivity contribution in [2.75, 3.05) is 5.75 Å². The molecule has 0 aliphatic carbocycles. The van der Waals surface area contributed by atoms with Crippen LogP contribution in [0.5, 0.6) is 0 Å². The van der Waals surface area contributed by atoms with Crippen molar-refractivity contribution in [3.05, 3.63) is 24.2 Å². The van der Waals surface area contributed by atoms with Crippen molar-refractivity contribution in [3.8, 4) is 0 Å². The van der Waals surface area contributed by atoms with Gasteiger partial charge in [0.1, 0.15) is 5.76 Å². The van der Waals surface area contributed by atoms with E-state index in [1.165, 1.54) is 12.2 Å². The lowest BCUT2D eigenvalue weighted by molar-refractivity contribution is 0.397. The maximum atomic E-state index is 5.36. The summed E-state index contributed by atoms with van der Waals surface area (Å²) in [6.45, 7) is 4.45. The van der Waals surface area contributed by atoms with Crippen LogP contribution >= 0.6 is 11.8 Å². The van der Waals surface area contributed by atoms with E-state index >= 15 is 0 Å². The third-order valence-corrected chi connectivity index (χ3v) is 4.01. The van der Waals surface area contributed by atoms with Gasteiger partial charge in [0.15, 0.2) is 0 Å². The molecule has 1 aromatic heterocycles. The molecule has 2 nitrogen and oxygen atoms in total. The van der Waals surface area contributed by atoms with Crippen molar-refractivity contribution in [1.29, 1.82) is 0 Å². The second-order valence-corrected chi connectivity index (χ2v) is 5.45. The lowest BCUT2D eigenvalue weighted by atomic mass is 10.1. The van der Waals surface area contributed by atoms with Crippen molar-refractivity contribution in [1.82, 2.24) is 5.32 Å². The van der Waals surface area contributed by atoms with Gasteiger partial charge in [-0.2, -0.15) is 11.8 Å². The Bertz CT molecular complexity index is 273. The highest BCUT2D eigenvalue weighted by molar-refractivity contribution is 8.00. The van der Waals surface area contributed by atoms with E-state index in [0.29, 0.717) is 12.1 Å². The first-order chi connectivity index (χ1) is 6.75. The molecule has 1 saturated heterocycles. The molecule has 1 N–H and O–H groups in total. The van der Waals surface area contributed by atoms with Crippen LogP contribution < -0.4 is 5.32 Å². The first-order valence-electron chi connectivity index (χ1n) is 5.17. The van der Waals surface area contributed by atoms with Gasteiger partial charge in [0, 0.05) is 17.0 Å². The van der Waals surface area contributed by atoms with Crippen LogP contribution in [0.25, 0.3) is 0 Å². The first-order valence-corrected chi connectivity index (χ1v) is 6.21. The topological polar surface area (TPSA) is 25.2 Å². The monoisotopic (exact) mass is 211 g/mol. The van der Waals surface area contributed by atoms with Crippen molar-refractivity contribution in [3.63, 3.8) is 0 Å². The van der Waals surface area contributed by atoms with Crippen molar-refractivity contribution in [2.45, 2.75) is 37.6 Å². The van der Waals surface area contributed by atoms with Gasteiger partial charge < -0.3 is 9.73 Å². The summed E-state index contributed by atoms with van der Waals surface area (Å²) in [7, 11) is 0. The SMILES string of the molecule is CC1CC(N[C@@H](C)c2ccco2)CS1. The van der Waals surface area contributed by atoms with Crippen LogP contribution in [0.1, 0.15) is 32.1 Å². The summed E-state index contributed by atoms with van der Waals surface area (Å²) in [6.07, 6.45) is 3.01. The Labute approximate surface area is 89.4 Å². The van der Waals surface area contributed by atoms with Crippen molar-refractivity contribution < 1.29 is 4.42 Å². The summed E-state index contributed by atoms with van der Waals surface area (Å²) in [4.78, 5) is 0. The van der Waals surface area contributed by atoms with Crippen LogP contribution in [-0.2, 0) is 0 Å². The summed E-state index contributed by atoms with van der Waals surface area (Å²) in [5.41, 5.74) is 0. The van der Waals surface area contributed by atoms with E-state index in [2.05, 4.69) is 30.9 Å². The molecule has 3 heteroatoms. The van der Waals surface area contributed by atoms with Gasteiger partial charge >= 0.3 is 0 Å². The molecule has 1 aromatic rings. The standard InChI is InChI=1S/C11H17NOS/c1-8-6-10(7-14-8)12-9(2)11-4-3-5-13-11/h3-5,8-10,12H,6-7H2,1-2H3/t8?,9-,10?/m0/s1. The summed E-state index contributed by atoms with van der Waals surface area (Å²) < 4.78 is 5.36. The molecule has 0 amide bonds. The zero-order valence-electron chi connectivity index (χ0n) is 8.69. The van der Waals surface area contributed by atoms with E-state index in [1.807, 2.05) is 12.1 Å². The number of thioether (sulfide) groups is 1. The Morgan fingerprint density at radius 1 is 1.64 bits per heavy atom. The van der Waals surface area contributed by atoms with E-state index in [-0.39, 0.29) is 0 Å². The molecule has 2 heterocycles. The lowest BCUT2D eigenvalue weighted by Gasteiger charge is -2.16. The van der Waals surface area contributed by atoms with E-state index in [0.717, 1.165) is 11.0 Å². The highest BCUT2D eigenvalue weighted by atomic mass is 32.2. The second kappa shape index (κ2) is 4.41. The highest BCUT2D eigenvalue weighted by Gasteiger charge is 2.23. The van der Waals surface area contributed by atoms with Crippen LogP contribution in [0.4, 0.5) is 0 Å². The molecule has 2 rings (SSSR count). The fourth-order valence-electron chi connectivity index (χ4n) is 1.91. The molecule has 0 radical (unpaired) electrons. The molecule has 0 bridgehead atoms. The van der Waals surface area contributed by atoms with Crippen molar-refractivity contribution in [2.24, 2.45) is 0 Å². The molecule has 78 valence electrons. The summed E-state index contributed by atoms with van der Waals surface area (Å²) in [5.74, 6) is 2.27. The minimum Gasteiger partial charge on any atom is -0.468 e. The summed E-state index contributed by atoms with van der Waals surface area (Å²) >= 11 is 2.05. The van der Waals surface area contributed by atoms with Gasteiger partial charge in [0.05, 0.1) is 12.3 Å². The minimum atomic E-state index is 0.334. The number of hydrogen-bond donors (Lipinski definition) is 1. The molecule has 1 fully saturated rings. The van der Waals surface area contributed by atoms with E-state index < -0.39 is 0 Å². The number of rotatable bonds is 3. The maximum absolute atomic E-state index is 5.36. The van der Waals surface area contributed by atoms with Gasteiger partial charge in [-0.1, -0.05) is 6.92 Å². The smallest absolute Gasteiger partial charge is 0.120 e. The molecule has 14 heavy (non-hydrogen) atoms. The Balaban J connectivity index is 1.86. The van der Waals surface area contributed by atoms with E-state index in [1.54, 1.807) is 6.26 Å². The Morgan fingerprint density at radius 2 is 2.50 bits per heavy atom. The fourth-order valence-corrected chi connectivity index (χ4v) is 3.07. The van der Waals surface area contributed by atoms with Gasteiger partial charge in [-0.3, -0.25) is 0 Å². The summed E-state index contributed by atoms with van der Waals surface area (Å²) in [6, 6.07) is 4.96. The lowest BCUT2D eigenvalue weighted by Crippen LogP contribution is -2.31. The van der Waals surface area contributed by atoms with Gasteiger partial charge in [-0.25, -0.2) is 0 Å². The van der Waals surface area contributed by atoms with Crippen LogP contribution in [0, 0.1) is 0 Å². The largest absolute Gasteiger partial charge is 0.468 e. The molecule has 1 aliphatic rings. The van der Waals surface area contributed by atoms with E-state index in [9.17, 15) is 0 Å². The number of hydrogen-bond acceptors (Lipinski definition) is 3. The third-order valence-electron chi connectivity index (χ3n) is 2.65. The fraction of sp³-hybridized carbons (Fsp3) is 0.636. The van der Waals surface area contributed by atoms with Gasteiger partial charge in [0.2, 0.25) is 0 Å². The molecule has 2 unspecified atom stereocenters. The normalized spacial score (nSPS) is 29.3. The number of furan rings is 1. The van der Waals surface area contributed by atoms with Crippen molar-refractivity contribution >= 4 is 11.8 Å². The molecular weight excluding hydrogens is 194 g/mol. The van der Waals surface area contributed by atoms with Gasteiger partial charge in [0.25, 0.3) is 0 Å². The second-order valence-electron chi connectivity index (χ2n) is 3.98.